The fourth-order valence-corrected chi connectivity index (χ4v) is 1.24. The molecule has 0 radical (unpaired) electrons. The predicted octanol–water partition coefficient (Wildman–Crippen LogP) is 5.03. The van der Waals surface area contributed by atoms with Gasteiger partial charge in [0.1, 0.15) is 0 Å². The zero-order valence-electron chi connectivity index (χ0n) is 11.1. The van der Waals surface area contributed by atoms with Gasteiger partial charge >= 0.3 is 0 Å². The molecular weight excluding hydrogens is 199 g/mol. The van der Waals surface area contributed by atoms with Crippen molar-refractivity contribution in [1.82, 2.24) is 0 Å². The number of alkyl halides is 1. The van der Waals surface area contributed by atoms with Crippen LogP contribution in [0.3, 0.4) is 0 Å². The molecule has 0 aromatic heterocycles. The van der Waals surface area contributed by atoms with E-state index in [-0.39, 0.29) is 6.67 Å². The molecule has 0 spiro atoms. The van der Waals surface area contributed by atoms with Crippen LogP contribution in [-0.4, -0.2) is 6.67 Å². The maximum absolute atomic E-state index is 10.7. The Morgan fingerprint density at radius 2 is 1.62 bits per heavy atom. The first-order valence-corrected chi connectivity index (χ1v) is 5.77. The van der Waals surface area contributed by atoms with Gasteiger partial charge in [-0.1, -0.05) is 37.6 Å². The zero-order chi connectivity index (χ0) is 13.0. The van der Waals surface area contributed by atoms with Crippen LogP contribution in [0.5, 0.6) is 0 Å². The topological polar surface area (TPSA) is 0 Å². The number of hydrogen-bond acceptors (Lipinski definition) is 0. The molecule has 0 aliphatic heterocycles. The fraction of sp³-hybridized carbons (Fsp3) is 0.467. The lowest BCUT2D eigenvalue weighted by atomic mass is 10.0. The molecule has 0 fully saturated rings. The summed E-state index contributed by atoms with van der Waals surface area (Å²) in [6.45, 7) is 14.1. The molecule has 1 rings (SSSR count). The molecule has 0 aliphatic carbocycles. The van der Waals surface area contributed by atoms with E-state index in [1.165, 1.54) is 16.7 Å². The third-order valence-electron chi connectivity index (χ3n) is 2.07. The number of aryl methyl sites for hydroxylation is 3. The van der Waals surface area contributed by atoms with Gasteiger partial charge in [-0.15, -0.1) is 13.2 Å². The highest BCUT2D eigenvalue weighted by atomic mass is 19.1. The quantitative estimate of drug-likeness (QED) is 0.618. The van der Waals surface area contributed by atoms with Gasteiger partial charge in [-0.05, 0) is 37.8 Å². The van der Waals surface area contributed by atoms with Crippen LogP contribution in [0.4, 0.5) is 4.39 Å². The molecule has 0 saturated carbocycles. The molecule has 0 unspecified atom stereocenters. The minimum Gasteiger partial charge on any atom is -0.251 e. The van der Waals surface area contributed by atoms with E-state index >= 15 is 0 Å². The molecule has 1 aromatic rings. The van der Waals surface area contributed by atoms with Crippen LogP contribution in [0, 0.1) is 13.8 Å². The van der Waals surface area contributed by atoms with Crippen molar-refractivity contribution in [3.63, 3.8) is 0 Å². The van der Waals surface area contributed by atoms with Crippen LogP contribution < -0.4 is 0 Å². The van der Waals surface area contributed by atoms with Gasteiger partial charge in [0.25, 0.3) is 0 Å². The summed E-state index contributed by atoms with van der Waals surface area (Å²) in [5.74, 6) is 0. The van der Waals surface area contributed by atoms with Crippen molar-refractivity contribution in [2.45, 2.75) is 40.5 Å². The fourth-order valence-electron chi connectivity index (χ4n) is 1.24. The lowest BCUT2D eigenvalue weighted by molar-refractivity contribution is 0.487. The average Bonchev–Trinajstić information content (AvgIpc) is 2.32. The van der Waals surface area contributed by atoms with E-state index in [1.54, 1.807) is 6.92 Å². The van der Waals surface area contributed by atoms with Crippen LogP contribution in [0.25, 0.3) is 0 Å². The van der Waals surface area contributed by atoms with Crippen molar-refractivity contribution in [2.75, 3.05) is 6.67 Å². The Hall–Kier alpha value is -1.11. The van der Waals surface area contributed by atoms with E-state index in [1.807, 2.05) is 0 Å². The van der Waals surface area contributed by atoms with Crippen LogP contribution in [0.15, 0.2) is 31.4 Å². The highest BCUT2D eigenvalue weighted by molar-refractivity contribution is 5.30. The highest BCUT2D eigenvalue weighted by Gasteiger charge is 1.93. The highest BCUT2D eigenvalue weighted by Crippen LogP contribution is 2.10. The lowest BCUT2D eigenvalue weighted by Crippen LogP contribution is -1.85. The minimum atomic E-state index is -0.181. The van der Waals surface area contributed by atoms with Gasteiger partial charge in [0, 0.05) is 0 Å². The Balaban J connectivity index is 0. The number of halogens is 1. The normalized spacial score (nSPS) is 8.31. The SMILES string of the molecule is C=C.CCCF.CCc1ccc(C)cc1C. The van der Waals surface area contributed by atoms with E-state index in [9.17, 15) is 4.39 Å². The third-order valence-corrected chi connectivity index (χ3v) is 2.07. The van der Waals surface area contributed by atoms with Gasteiger partial charge in [0.05, 0.1) is 6.67 Å². The summed E-state index contributed by atoms with van der Waals surface area (Å²) in [6.07, 6.45) is 1.80. The van der Waals surface area contributed by atoms with E-state index in [0.29, 0.717) is 6.42 Å². The lowest BCUT2D eigenvalue weighted by Gasteiger charge is -2.02. The van der Waals surface area contributed by atoms with Gasteiger partial charge in [0.15, 0.2) is 0 Å². The molecule has 0 saturated heterocycles. The monoisotopic (exact) mass is 224 g/mol. The largest absolute Gasteiger partial charge is 0.251 e. The molecule has 16 heavy (non-hydrogen) atoms. The summed E-state index contributed by atoms with van der Waals surface area (Å²) < 4.78 is 10.7. The Kier molecular flexibility index (Phi) is 12.9. The molecule has 1 aromatic carbocycles. The van der Waals surface area contributed by atoms with Crippen molar-refractivity contribution in [3.05, 3.63) is 48.0 Å². The van der Waals surface area contributed by atoms with E-state index in [4.69, 9.17) is 0 Å². The van der Waals surface area contributed by atoms with Gasteiger partial charge in [0.2, 0.25) is 0 Å². The van der Waals surface area contributed by atoms with Crippen LogP contribution in [0.1, 0.15) is 37.0 Å². The Morgan fingerprint density at radius 1 is 1.12 bits per heavy atom. The number of hydrogen-bond donors (Lipinski definition) is 0. The summed E-state index contributed by atoms with van der Waals surface area (Å²) in [7, 11) is 0. The van der Waals surface area contributed by atoms with Crippen molar-refractivity contribution >= 4 is 0 Å². The maximum Gasteiger partial charge on any atom is 0.0891 e. The van der Waals surface area contributed by atoms with Crippen LogP contribution in [0.2, 0.25) is 0 Å². The zero-order valence-corrected chi connectivity index (χ0v) is 11.1. The van der Waals surface area contributed by atoms with Crippen LogP contribution in [-0.2, 0) is 6.42 Å². The van der Waals surface area contributed by atoms with Crippen molar-refractivity contribution < 1.29 is 4.39 Å². The molecule has 0 atom stereocenters. The van der Waals surface area contributed by atoms with Gasteiger partial charge in [-0.2, -0.15) is 0 Å². The molecular formula is C15H25F. The van der Waals surface area contributed by atoms with Gasteiger partial charge in [-0.25, -0.2) is 0 Å². The number of benzene rings is 1. The van der Waals surface area contributed by atoms with E-state index in [0.717, 1.165) is 6.42 Å². The first kappa shape index (κ1) is 17.3. The summed E-state index contributed by atoms with van der Waals surface area (Å²) in [5, 5.41) is 0. The van der Waals surface area contributed by atoms with Gasteiger partial charge < -0.3 is 0 Å². The second kappa shape index (κ2) is 12.0. The van der Waals surface area contributed by atoms with Crippen molar-refractivity contribution in [1.29, 1.82) is 0 Å². The Bertz CT molecular complexity index is 264. The summed E-state index contributed by atoms with van der Waals surface area (Å²) in [5.41, 5.74) is 4.24. The number of rotatable bonds is 2. The minimum absolute atomic E-state index is 0.181. The third kappa shape index (κ3) is 8.22. The molecule has 92 valence electrons. The molecule has 0 aliphatic rings. The Morgan fingerprint density at radius 3 is 1.94 bits per heavy atom. The summed E-state index contributed by atoms with van der Waals surface area (Å²) in [4.78, 5) is 0. The summed E-state index contributed by atoms with van der Waals surface area (Å²) in [6, 6.07) is 6.62. The Labute approximate surface area is 100 Å². The summed E-state index contributed by atoms with van der Waals surface area (Å²) >= 11 is 0. The van der Waals surface area contributed by atoms with E-state index < -0.39 is 0 Å². The average molecular weight is 224 g/mol. The van der Waals surface area contributed by atoms with E-state index in [2.05, 4.69) is 52.1 Å². The van der Waals surface area contributed by atoms with Crippen molar-refractivity contribution in [2.24, 2.45) is 0 Å². The second-order valence-electron chi connectivity index (χ2n) is 3.47. The predicted molar refractivity (Wildman–Crippen MR) is 72.8 cm³/mol. The smallest absolute Gasteiger partial charge is 0.0891 e. The van der Waals surface area contributed by atoms with Gasteiger partial charge in [-0.3, -0.25) is 4.39 Å². The molecule has 0 heterocycles. The molecule has 0 nitrogen and oxygen atoms in total. The standard InChI is InChI=1S/C10H14.C3H7F.C2H4/c1-4-10-6-5-8(2)7-9(10)3;1-2-3-4;1-2/h5-7H,4H2,1-3H3;2-3H2,1H3;1-2H2. The molecule has 0 N–H and O–H groups in total. The first-order valence-electron chi connectivity index (χ1n) is 5.77. The van der Waals surface area contributed by atoms with Crippen molar-refractivity contribution in [3.8, 4) is 0 Å². The molecule has 0 amide bonds. The maximum atomic E-state index is 10.7. The van der Waals surface area contributed by atoms with Crippen LogP contribution >= 0.6 is 0 Å². The molecule has 1 heteroatoms. The second-order valence-corrected chi connectivity index (χ2v) is 3.47. The molecule has 0 bridgehead atoms. The first-order chi connectivity index (χ1) is 7.65.